The summed E-state index contributed by atoms with van der Waals surface area (Å²) in [7, 11) is 1.72. The molecule has 5 nitrogen and oxygen atoms in total. The van der Waals surface area contributed by atoms with E-state index in [2.05, 4.69) is 0 Å². The Bertz CT molecular complexity index is 794. The number of hydrogen-bond acceptors (Lipinski definition) is 3. The molecule has 27 heavy (non-hydrogen) atoms. The molecule has 2 aromatic rings. The molecule has 1 aliphatic heterocycles. The summed E-state index contributed by atoms with van der Waals surface area (Å²) in [6.07, 6.45) is 0.0403. The van der Waals surface area contributed by atoms with Gasteiger partial charge in [0, 0.05) is 26.6 Å². The van der Waals surface area contributed by atoms with Gasteiger partial charge in [-0.15, -0.1) is 0 Å². The maximum absolute atomic E-state index is 13.1. The van der Waals surface area contributed by atoms with E-state index in [4.69, 9.17) is 0 Å². The molecule has 142 valence electrons. The minimum absolute atomic E-state index is 0.0403. The second-order valence-electron chi connectivity index (χ2n) is 7.37. The Kier molecular flexibility index (Phi) is 5.61. The molecule has 0 radical (unpaired) electrons. The zero-order valence-corrected chi connectivity index (χ0v) is 15.8. The predicted molar refractivity (Wildman–Crippen MR) is 104 cm³/mol. The van der Waals surface area contributed by atoms with Gasteiger partial charge in [-0.2, -0.15) is 0 Å². The Morgan fingerprint density at radius 3 is 2.33 bits per heavy atom. The highest BCUT2D eigenvalue weighted by molar-refractivity contribution is 5.92. The summed E-state index contributed by atoms with van der Waals surface area (Å²) in [5.41, 5.74) is 0.953. The molecule has 5 heteroatoms. The summed E-state index contributed by atoms with van der Waals surface area (Å²) in [4.78, 5) is 29.1. The van der Waals surface area contributed by atoms with Gasteiger partial charge in [0.15, 0.2) is 0 Å². The van der Waals surface area contributed by atoms with Gasteiger partial charge in [-0.25, -0.2) is 0 Å². The smallest absolute Gasteiger partial charge is 0.233 e. The lowest BCUT2D eigenvalue weighted by atomic mass is 9.86. The molecule has 0 aromatic heterocycles. The topological polar surface area (TPSA) is 60.9 Å². The van der Waals surface area contributed by atoms with Crippen LogP contribution in [-0.2, 0) is 16.1 Å². The largest absolute Gasteiger partial charge is 0.395 e. The van der Waals surface area contributed by atoms with Gasteiger partial charge in [-0.3, -0.25) is 9.59 Å². The third-order valence-corrected chi connectivity index (χ3v) is 5.40. The van der Waals surface area contributed by atoms with Crippen LogP contribution in [0.1, 0.15) is 30.5 Å². The summed E-state index contributed by atoms with van der Waals surface area (Å²) >= 11 is 0. The minimum atomic E-state index is -1.08. The number of carbonyl (C=O) groups excluding carboxylic acids is 2. The van der Waals surface area contributed by atoms with Crippen LogP contribution in [0.15, 0.2) is 60.7 Å². The van der Waals surface area contributed by atoms with Crippen LogP contribution in [0.3, 0.4) is 0 Å². The van der Waals surface area contributed by atoms with Crippen molar-refractivity contribution in [2.75, 3.05) is 20.2 Å². The molecule has 1 saturated heterocycles. The average Bonchev–Trinajstić information content (AvgIpc) is 3.06. The zero-order chi connectivity index (χ0) is 19.4. The van der Waals surface area contributed by atoms with Crippen LogP contribution in [0, 0.1) is 5.41 Å². The van der Waals surface area contributed by atoms with Crippen LogP contribution in [0.2, 0.25) is 0 Å². The normalized spacial score (nSPS) is 20.6. The Labute approximate surface area is 160 Å². The summed E-state index contributed by atoms with van der Waals surface area (Å²) in [6, 6.07) is 19.3. The van der Waals surface area contributed by atoms with E-state index in [1.165, 1.54) is 0 Å². The highest BCUT2D eigenvalue weighted by atomic mass is 16.3. The van der Waals surface area contributed by atoms with Crippen LogP contribution < -0.4 is 0 Å². The molecule has 1 heterocycles. The standard InChI is InChI=1S/C22H26N2O3/c1-17(19-11-7-4-8-12-19)24-15-22(16-25,13-20(24)26)21(27)23(2)14-18-9-5-3-6-10-18/h3-12,17,25H,13-16H2,1-2H3/t17-,22+/m1/s1. The van der Waals surface area contributed by atoms with E-state index in [-0.39, 0.29) is 37.4 Å². The first-order chi connectivity index (χ1) is 13.0. The number of hydrogen-bond donors (Lipinski definition) is 1. The molecular formula is C22H26N2O3. The molecule has 3 rings (SSSR count). The van der Waals surface area contributed by atoms with Crippen LogP contribution in [0.5, 0.6) is 0 Å². The highest BCUT2D eigenvalue weighted by Crippen LogP contribution is 2.37. The molecule has 2 atom stereocenters. The van der Waals surface area contributed by atoms with E-state index in [0.29, 0.717) is 6.54 Å². The fourth-order valence-electron chi connectivity index (χ4n) is 3.78. The zero-order valence-electron chi connectivity index (χ0n) is 15.8. The van der Waals surface area contributed by atoms with Gasteiger partial charge in [-0.05, 0) is 18.1 Å². The molecule has 0 spiro atoms. The number of benzene rings is 2. The molecule has 2 amide bonds. The molecule has 0 unspecified atom stereocenters. The van der Waals surface area contributed by atoms with Gasteiger partial charge in [0.05, 0.1) is 18.1 Å². The van der Waals surface area contributed by atoms with Crippen molar-refractivity contribution in [2.45, 2.75) is 25.9 Å². The monoisotopic (exact) mass is 366 g/mol. The summed E-state index contributed by atoms with van der Waals surface area (Å²) < 4.78 is 0. The molecular weight excluding hydrogens is 340 g/mol. The van der Waals surface area contributed by atoms with Crippen molar-refractivity contribution < 1.29 is 14.7 Å². The first-order valence-electron chi connectivity index (χ1n) is 9.21. The van der Waals surface area contributed by atoms with Crippen molar-refractivity contribution in [3.05, 3.63) is 71.8 Å². The van der Waals surface area contributed by atoms with Crippen LogP contribution in [0.4, 0.5) is 0 Å². The van der Waals surface area contributed by atoms with Gasteiger partial charge in [0.25, 0.3) is 0 Å². The summed E-state index contributed by atoms with van der Waals surface area (Å²) in [5.74, 6) is -0.285. The maximum Gasteiger partial charge on any atom is 0.233 e. The molecule has 2 aromatic carbocycles. The number of likely N-dealkylation sites (tertiary alicyclic amines) is 1. The quantitative estimate of drug-likeness (QED) is 0.855. The third-order valence-electron chi connectivity index (χ3n) is 5.40. The second-order valence-corrected chi connectivity index (χ2v) is 7.37. The predicted octanol–water partition coefficient (Wildman–Crippen LogP) is 2.62. The van der Waals surface area contributed by atoms with E-state index >= 15 is 0 Å². The number of carbonyl (C=O) groups is 2. The molecule has 1 aliphatic rings. The fourth-order valence-corrected chi connectivity index (χ4v) is 3.78. The van der Waals surface area contributed by atoms with Gasteiger partial charge in [-0.1, -0.05) is 60.7 Å². The number of nitrogens with zero attached hydrogens (tertiary/aromatic N) is 2. The van der Waals surface area contributed by atoms with E-state index in [9.17, 15) is 14.7 Å². The fraction of sp³-hybridized carbons (Fsp3) is 0.364. The van der Waals surface area contributed by atoms with Crippen LogP contribution in [0.25, 0.3) is 0 Å². The lowest BCUT2D eigenvalue weighted by Gasteiger charge is -2.32. The summed E-state index contributed by atoms with van der Waals surface area (Å²) in [5, 5.41) is 10.1. The van der Waals surface area contributed by atoms with E-state index in [0.717, 1.165) is 11.1 Å². The molecule has 0 bridgehead atoms. The van der Waals surface area contributed by atoms with Gasteiger partial charge in [0.2, 0.25) is 11.8 Å². The lowest BCUT2D eigenvalue weighted by Crippen LogP contribution is -2.46. The van der Waals surface area contributed by atoms with Crippen molar-refractivity contribution >= 4 is 11.8 Å². The Morgan fingerprint density at radius 1 is 1.15 bits per heavy atom. The number of aliphatic hydroxyl groups excluding tert-OH is 1. The minimum Gasteiger partial charge on any atom is -0.395 e. The Morgan fingerprint density at radius 2 is 1.74 bits per heavy atom. The second kappa shape index (κ2) is 7.92. The van der Waals surface area contributed by atoms with Gasteiger partial charge >= 0.3 is 0 Å². The van der Waals surface area contributed by atoms with Crippen LogP contribution >= 0.6 is 0 Å². The van der Waals surface area contributed by atoms with E-state index < -0.39 is 5.41 Å². The Hall–Kier alpha value is -2.66. The van der Waals surface area contributed by atoms with Crippen molar-refractivity contribution in [3.63, 3.8) is 0 Å². The molecule has 0 saturated carbocycles. The molecule has 0 aliphatic carbocycles. The van der Waals surface area contributed by atoms with Gasteiger partial charge in [0.1, 0.15) is 0 Å². The third kappa shape index (κ3) is 3.88. The highest BCUT2D eigenvalue weighted by Gasteiger charge is 2.50. The number of amides is 2. The molecule has 1 N–H and O–H groups in total. The SMILES string of the molecule is C[C@H](c1ccccc1)N1C[C@@](CO)(C(=O)N(C)Cc2ccccc2)CC1=O. The lowest BCUT2D eigenvalue weighted by molar-refractivity contribution is -0.143. The van der Waals surface area contributed by atoms with E-state index in [1.54, 1.807) is 16.8 Å². The number of rotatable bonds is 6. The van der Waals surface area contributed by atoms with Crippen molar-refractivity contribution in [2.24, 2.45) is 5.41 Å². The van der Waals surface area contributed by atoms with Crippen molar-refractivity contribution in [3.8, 4) is 0 Å². The van der Waals surface area contributed by atoms with Crippen LogP contribution in [-0.4, -0.2) is 46.9 Å². The summed E-state index contributed by atoms with van der Waals surface area (Å²) in [6.45, 7) is 2.30. The first-order valence-corrected chi connectivity index (χ1v) is 9.21. The van der Waals surface area contributed by atoms with Crippen molar-refractivity contribution in [1.29, 1.82) is 0 Å². The maximum atomic E-state index is 13.1. The van der Waals surface area contributed by atoms with Crippen molar-refractivity contribution in [1.82, 2.24) is 9.80 Å². The average molecular weight is 366 g/mol. The van der Waals surface area contributed by atoms with Gasteiger partial charge < -0.3 is 14.9 Å². The molecule has 1 fully saturated rings. The number of aliphatic hydroxyl groups is 1. The Balaban J connectivity index is 1.77. The first kappa shape index (κ1) is 19.1. The van der Waals surface area contributed by atoms with E-state index in [1.807, 2.05) is 67.6 Å².